The fourth-order valence-electron chi connectivity index (χ4n) is 3.98. The summed E-state index contributed by atoms with van der Waals surface area (Å²) in [7, 11) is 1.27. The summed E-state index contributed by atoms with van der Waals surface area (Å²) in [5, 5.41) is 38.5. The molecule has 5 rings (SSSR count). The van der Waals surface area contributed by atoms with E-state index in [1.165, 1.54) is 64.4 Å². The SMILES string of the molecule is CON=C(C(=O)N[C@@H]1C(=O)N2C(C(=O)O)=C(CSc3nc(-c4ccc(O)c(O)c4)cs3)CS[C@@H]12)c1csc(N)n1. The number of phenols is 2. The van der Waals surface area contributed by atoms with Crippen LogP contribution in [-0.4, -0.2) is 83.7 Å². The van der Waals surface area contributed by atoms with Crippen molar-refractivity contribution in [2.75, 3.05) is 24.3 Å². The van der Waals surface area contributed by atoms with Crippen molar-refractivity contribution in [3.05, 3.63) is 45.9 Å². The van der Waals surface area contributed by atoms with E-state index in [1.807, 2.05) is 0 Å². The van der Waals surface area contributed by atoms with Gasteiger partial charge in [0.2, 0.25) is 0 Å². The molecule has 0 aliphatic carbocycles. The van der Waals surface area contributed by atoms with Gasteiger partial charge in [0.25, 0.3) is 11.8 Å². The number of carboxylic acid groups (broad SMARTS) is 1. The van der Waals surface area contributed by atoms with Crippen LogP contribution < -0.4 is 11.1 Å². The Morgan fingerprint density at radius 1 is 1.25 bits per heavy atom. The number of thiazole rings is 2. The van der Waals surface area contributed by atoms with Gasteiger partial charge in [0.1, 0.15) is 29.9 Å². The first-order chi connectivity index (χ1) is 19.2. The monoisotopic (exact) mass is 620 g/mol. The number of nitrogens with zero attached hydrogens (tertiary/aromatic N) is 4. The van der Waals surface area contributed by atoms with Crippen LogP contribution in [0.5, 0.6) is 11.5 Å². The minimum absolute atomic E-state index is 0.106. The molecule has 40 heavy (non-hydrogen) atoms. The standard InChI is InChI=1S/C23H20N6O7S4/c1-36-28-15(12-8-38-22(24)25-12)18(32)27-16-19(33)29-17(21(34)35)10(5-37-20(16)29)6-39-23-26-11(7-40-23)9-2-3-13(30)14(31)4-9/h2-4,7-8,16,20,30-31H,5-6H2,1H3,(H2,24,25)(H,27,32)(H,34,35)/t16-,20+/m1/s1. The van der Waals surface area contributed by atoms with Gasteiger partial charge in [-0.3, -0.25) is 14.5 Å². The van der Waals surface area contributed by atoms with E-state index >= 15 is 0 Å². The average molecular weight is 621 g/mol. The first kappa shape index (κ1) is 27.8. The number of amides is 2. The number of aromatic hydroxyl groups is 2. The van der Waals surface area contributed by atoms with Crippen LogP contribution in [-0.2, 0) is 19.2 Å². The molecule has 13 nitrogen and oxygen atoms in total. The van der Waals surface area contributed by atoms with E-state index in [-0.39, 0.29) is 39.5 Å². The Balaban J connectivity index is 1.28. The number of carbonyl (C=O) groups excluding carboxylic acids is 2. The fourth-order valence-corrected chi connectivity index (χ4v) is 7.85. The largest absolute Gasteiger partial charge is 0.504 e. The average Bonchev–Trinajstić information content (AvgIpc) is 3.59. The van der Waals surface area contributed by atoms with Crippen molar-refractivity contribution in [1.29, 1.82) is 0 Å². The zero-order chi connectivity index (χ0) is 28.6. The number of β-lactam (4-membered cyclic amide) rings is 1. The first-order valence-corrected chi connectivity index (χ1v) is 15.1. The van der Waals surface area contributed by atoms with Crippen LogP contribution in [0.15, 0.2) is 49.7 Å². The third-order valence-corrected chi connectivity index (χ3v) is 9.94. The molecule has 0 unspecified atom stereocenters. The fraction of sp³-hybridized carbons (Fsp3) is 0.217. The Hall–Kier alpha value is -3.80. The number of aromatic nitrogens is 2. The molecule has 0 saturated carbocycles. The van der Waals surface area contributed by atoms with Gasteiger partial charge >= 0.3 is 5.97 Å². The molecular formula is C23H20N6O7S4. The number of benzene rings is 1. The third kappa shape index (κ3) is 5.32. The molecule has 2 atom stereocenters. The molecule has 1 fully saturated rings. The number of nitrogens with one attached hydrogen (secondary N) is 1. The molecule has 2 amide bonds. The van der Waals surface area contributed by atoms with Crippen molar-refractivity contribution < 1.29 is 34.5 Å². The molecule has 4 heterocycles. The highest BCUT2D eigenvalue weighted by atomic mass is 32.2. The summed E-state index contributed by atoms with van der Waals surface area (Å²) >= 11 is 5.14. The maximum absolute atomic E-state index is 13.0. The summed E-state index contributed by atoms with van der Waals surface area (Å²) in [5.41, 5.74) is 7.36. The minimum atomic E-state index is -1.24. The van der Waals surface area contributed by atoms with Crippen molar-refractivity contribution in [2.45, 2.75) is 15.8 Å². The molecule has 1 aromatic carbocycles. The molecule has 0 radical (unpaired) electrons. The van der Waals surface area contributed by atoms with Crippen LogP contribution in [0.25, 0.3) is 11.3 Å². The summed E-state index contributed by atoms with van der Waals surface area (Å²) in [6.45, 7) is 0. The molecule has 0 bridgehead atoms. The number of fused-ring (bicyclic) bond motifs is 1. The van der Waals surface area contributed by atoms with Gasteiger partial charge in [-0.15, -0.1) is 34.4 Å². The minimum Gasteiger partial charge on any atom is -0.504 e. The van der Waals surface area contributed by atoms with Crippen molar-refractivity contribution in [3.8, 4) is 22.8 Å². The van der Waals surface area contributed by atoms with E-state index in [9.17, 15) is 29.7 Å². The van der Waals surface area contributed by atoms with Crippen molar-refractivity contribution >= 4 is 74.8 Å². The molecule has 1 saturated heterocycles. The van der Waals surface area contributed by atoms with Gasteiger partial charge in [-0.2, -0.15) is 0 Å². The lowest BCUT2D eigenvalue weighted by molar-refractivity contribution is -0.150. The second kappa shape index (κ2) is 11.4. The molecule has 208 valence electrons. The van der Waals surface area contributed by atoms with Gasteiger partial charge in [0, 0.05) is 27.8 Å². The lowest BCUT2D eigenvalue weighted by Crippen LogP contribution is -2.71. The lowest BCUT2D eigenvalue weighted by atomic mass is 10.0. The zero-order valence-corrected chi connectivity index (χ0v) is 23.7. The van der Waals surface area contributed by atoms with E-state index in [1.54, 1.807) is 11.4 Å². The zero-order valence-electron chi connectivity index (χ0n) is 20.4. The third-order valence-electron chi connectivity index (χ3n) is 5.82. The summed E-state index contributed by atoms with van der Waals surface area (Å²) in [6.07, 6.45) is 0. The predicted molar refractivity (Wildman–Crippen MR) is 151 cm³/mol. The maximum atomic E-state index is 13.0. The van der Waals surface area contributed by atoms with Crippen LogP contribution in [0.2, 0.25) is 0 Å². The van der Waals surface area contributed by atoms with E-state index in [0.29, 0.717) is 26.9 Å². The molecule has 0 spiro atoms. The van der Waals surface area contributed by atoms with Gasteiger partial charge in [-0.05, 0) is 23.8 Å². The highest BCUT2D eigenvalue weighted by molar-refractivity contribution is 8.01. The number of rotatable bonds is 9. The highest BCUT2D eigenvalue weighted by Crippen LogP contribution is 2.42. The van der Waals surface area contributed by atoms with E-state index in [4.69, 9.17) is 10.6 Å². The van der Waals surface area contributed by atoms with Crippen molar-refractivity contribution in [1.82, 2.24) is 20.2 Å². The summed E-state index contributed by atoms with van der Waals surface area (Å²) in [5.74, 6) is -2.36. The van der Waals surface area contributed by atoms with Crippen LogP contribution in [0.3, 0.4) is 0 Å². The van der Waals surface area contributed by atoms with E-state index < -0.39 is 29.2 Å². The Bertz CT molecular complexity index is 1570. The number of anilines is 1. The maximum Gasteiger partial charge on any atom is 0.352 e. The predicted octanol–water partition coefficient (Wildman–Crippen LogP) is 2.14. The number of carbonyl (C=O) groups is 3. The summed E-state index contributed by atoms with van der Waals surface area (Å²) in [6, 6.07) is 3.45. The topological polar surface area (TPSA) is 201 Å². The number of oxime groups is 1. The number of hydrogen-bond acceptors (Lipinski definition) is 14. The Morgan fingerprint density at radius 2 is 2.05 bits per heavy atom. The lowest BCUT2D eigenvalue weighted by Gasteiger charge is -2.49. The van der Waals surface area contributed by atoms with Gasteiger partial charge in [0.15, 0.2) is 26.7 Å². The van der Waals surface area contributed by atoms with Gasteiger partial charge in [-0.25, -0.2) is 14.8 Å². The van der Waals surface area contributed by atoms with Crippen LogP contribution in [0.4, 0.5) is 5.13 Å². The molecule has 3 aromatic rings. The molecular weight excluding hydrogens is 601 g/mol. The number of hydrogen-bond donors (Lipinski definition) is 5. The Labute approximate surface area is 242 Å². The number of phenolic OH excluding ortho intramolecular Hbond substituents is 2. The molecule has 17 heteroatoms. The van der Waals surface area contributed by atoms with Crippen LogP contribution in [0, 0.1) is 0 Å². The molecule has 2 aromatic heterocycles. The number of thioether (sulfide) groups is 2. The highest BCUT2D eigenvalue weighted by Gasteiger charge is 2.54. The smallest absolute Gasteiger partial charge is 0.352 e. The summed E-state index contributed by atoms with van der Waals surface area (Å²) < 4.78 is 0.666. The van der Waals surface area contributed by atoms with Crippen LogP contribution >= 0.6 is 46.2 Å². The van der Waals surface area contributed by atoms with Gasteiger partial charge in [0.05, 0.1) is 5.69 Å². The normalized spacial score (nSPS) is 18.8. The number of nitrogen functional groups attached to an aromatic ring is 1. The Morgan fingerprint density at radius 3 is 2.73 bits per heavy atom. The summed E-state index contributed by atoms with van der Waals surface area (Å²) in [4.78, 5) is 52.6. The first-order valence-electron chi connectivity index (χ1n) is 11.3. The number of carboxylic acids is 1. The number of aliphatic carboxylic acids is 1. The number of nitrogens with two attached hydrogens (primary N) is 1. The van der Waals surface area contributed by atoms with Crippen molar-refractivity contribution in [2.24, 2.45) is 5.16 Å². The van der Waals surface area contributed by atoms with E-state index in [0.717, 1.165) is 11.3 Å². The second-order valence-electron chi connectivity index (χ2n) is 8.30. The molecule has 2 aliphatic rings. The van der Waals surface area contributed by atoms with Crippen LogP contribution in [0.1, 0.15) is 5.69 Å². The Kier molecular flexibility index (Phi) is 7.88. The van der Waals surface area contributed by atoms with Gasteiger partial charge in [-0.1, -0.05) is 16.9 Å². The molecule has 6 N–H and O–H groups in total. The quantitative estimate of drug-likeness (QED) is 0.0768. The van der Waals surface area contributed by atoms with Crippen molar-refractivity contribution in [3.63, 3.8) is 0 Å². The molecule has 2 aliphatic heterocycles. The van der Waals surface area contributed by atoms with E-state index in [2.05, 4.69) is 20.4 Å². The van der Waals surface area contributed by atoms with Gasteiger partial charge < -0.3 is 31.2 Å². The second-order valence-corrected chi connectivity index (χ2v) is 12.4.